The van der Waals surface area contributed by atoms with Crippen LogP contribution in [0.2, 0.25) is 0 Å². The molecule has 0 aromatic heterocycles. The Morgan fingerprint density at radius 1 is 1.10 bits per heavy atom. The molecule has 0 aliphatic carbocycles. The molecule has 0 bridgehead atoms. The highest BCUT2D eigenvalue weighted by molar-refractivity contribution is 5.30. The predicted molar refractivity (Wildman–Crippen MR) is 63.7 cm³/mol. The zero-order chi connectivity index (χ0) is 14.9. The maximum absolute atomic E-state index is 9.82. The number of benzene rings is 1. The highest BCUT2D eigenvalue weighted by Crippen LogP contribution is 2.29. The van der Waals surface area contributed by atoms with Crippen LogP contribution in [0.1, 0.15) is 0 Å². The molecule has 8 heteroatoms. The molecular formula is C12H16O8. The van der Waals surface area contributed by atoms with E-state index in [0.29, 0.717) is 0 Å². The minimum Gasteiger partial charge on any atom is -0.508 e. The van der Waals surface area contributed by atoms with Crippen LogP contribution in [0.4, 0.5) is 0 Å². The lowest BCUT2D eigenvalue weighted by Crippen LogP contribution is -2.67. The summed E-state index contributed by atoms with van der Waals surface area (Å²) < 4.78 is 10.1. The molecule has 1 aromatic carbocycles. The first-order valence-corrected chi connectivity index (χ1v) is 5.88. The predicted octanol–water partition coefficient (Wildman–Crippen LogP) is -2.11. The summed E-state index contributed by atoms with van der Waals surface area (Å²) in [4.78, 5) is 0. The van der Waals surface area contributed by atoms with Gasteiger partial charge in [0.15, 0.2) is 0 Å². The Hall–Kier alpha value is -1.42. The van der Waals surface area contributed by atoms with Crippen molar-refractivity contribution in [2.45, 2.75) is 30.4 Å². The molecule has 1 saturated heterocycles. The van der Waals surface area contributed by atoms with Crippen LogP contribution in [0.5, 0.6) is 11.5 Å². The highest BCUT2D eigenvalue weighted by atomic mass is 16.8. The first-order chi connectivity index (χ1) is 9.37. The Labute approximate surface area is 114 Å². The SMILES string of the molecule is OCC1(O)O[C@H](Oc2ccc(O)cc2)C(O)C(O)[C@H]1O. The van der Waals surface area contributed by atoms with Gasteiger partial charge in [0.1, 0.15) is 29.8 Å². The summed E-state index contributed by atoms with van der Waals surface area (Å²) in [7, 11) is 0. The van der Waals surface area contributed by atoms with Crippen LogP contribution in [0.15, 0.2) is 24.3 Å². The third-order valence-corrected chi connectivity index (χ3v) is 3.05. The fraction of sp³-hybridized carbons (Fsp3) is 0.500. The number of phenolic OH excluding ortho intramolecular Hbond substituents is 1. The second-order valence-corrected chi connectivity index (χ2v) is 4.53. The van der Waals surface area contributed by atoms with Gasteiger partial charge in [-0.05, 0) is 24.3 Å². The van der Waals surface area contributed by atoms with E-state index in [1.165, 1.54) is 24.3 Å². The number of phenols is 1. The fourth-order valence-electron chi connectivity index (χ4n) is 1.84. The Morgan fingerprint density at radius 2 is 1.70 bits per heavy atom. The van der Waals surface area contributed by atoms with Crippen molar-refractivity contribution in [3.8, 4) is 11.5 Å². The van der Waals surface area contributed by atoms with Gasteiger partial charge < -0.3 is 40.1 Å². The van der Waals surface area contributed by atoms with E-state index in [2.05, 4.69) is 0 Å². The number of aliphatic hydroxyl groups is 5. The van der Waals surface area contributed by atoms with E-state index < -0.39 is 37.0 Å². The third-order valence-electron chi connectivity index (χ3n) is 3.05. The van der Waals surface area contributed by atoms with Gasteiger partial charge in [0.25, 0.3) is 0 Å². The summed E-state index contributed by atoms with van der Waals surface area (Å²) in [5.41, 5.74) is 0. The third kappa shape index (κ3) is 2.70. The van der Waals surface area contributed by atoms with Crippen molar-refractivity contribution >= 4 is 0 Å². The van der Waals surface area contributed by atoms with Crippen molar-refractivity contribution < 1.29 is 40.1 Å². The van der Waals surface area contributed by atoms with Crippen LogP contribution >= 0.6 is 0 Å². The smallest absolute Gasteiger partial charge is 0.231 e. The van der Waals surface area contributed by atoms with Crippen molar-refractivity contribution in [1.82, 2.24) is 0 Å². The van der Waals surface area contributed by atoms with Gasteiger partial charge in [-0.2, -0.15) is 0 Å². The lowest BCUT2D eigenvalue weighted by Gasteiger charge is -2.44. The summed E-state index contributed by atoms with van der Waals surface area (Å²) in [6, 6.07) is 5.41. The molecule has 5 atom stereocenters. The molecule has 20 heavy (non-hydrogen) atoms. The quantitative estimate of drug-likeness (QED) is 0.371. The minimum absolute atomic E-state index is 0.00443. The van der Waals surface area contributed by atoms with E-state index >= 15 is 0 Å². The largest absolute Gasteiger partial charge is 0.508 e. The van der Waals surface area contributed by atoms with Crippen LogP contribution in [-0.2, 0) is 4.74 Å². The van der Waals surface area contributed by atoms with Gasteiger partial charge in [0.05, 0.1) is 6.61 Å². The molecule has 1 heterocycles. The van der Waals surface area contributed by atoms with E-state index in [0.717, 1.165) is 0 Å². The normalized spacial score (nSPS) is 37.6. The molecule has 1 aromatic rings. The van der Waals surface area contributed by atoms with Gasteiger partial charge in [0, 0.05) is 0 Å². The number of hydrogen-bond acceptors (Lipinski definition) is 8. The second-order valence-electron chi connectivity index (χ2n) is 4.53. The first-order valence-electron chi connectivity index (χ1n) is 5.88. The molecule has 3 unspecified atom stereocenters. The molecule has 0 saturated carbocycles. The van der Waals surface area contributed by atoms with Crippen LogP contribution in [0.3, 0.4) is 0 Å². The first kappa shape index (κ1) is 15.0. The fourth-order valence-corrected chi connectivity index (χ4v) is 1.84. The average Bonchev–Trinajstić information content (AvgIpc) is 2.45. The van der Waals surface area contributed by atoms with Crippen LogP contribution < -0.4 is 4.74 Å². The molecule has 0 radical (unpaired) electrons. The van der Waals surface area contributed by atoms with Crippen molar-refractivity contribution in [1.29, 1.82) is 0 Å². The Bertz CT molecular complexity index is 449. The van der Waals surface area contributed by atoms with Gasteiger partial charge >= 0.3 is 0 Å². The summed E-state index contributed by atoms with van der Waals surface area (Å²) in [5.74, 6) is -2.25. The Kier molecular flexibility index (Phi) is 4.14. The van der Waals surface area contributed by atoms with Crippen LogP contribution in [0.25, 0.3) is 0 Å². The van der Waals surface area contributed by atoms with E-state index in [4.69, 9.17) is 19.7 Å². The van der Waals surface area contributed by atoms with Gasteiger partial charge in [-0.15, -0.1) is 0 Å². The van der Waals surface area contributed by atoms with Gasteiger partial charge in [-0.1, -0.05) is 0 Å². The molecule has 0 amide bonds. The summed E-state index contributed by atoms with van der Waals surface area (Å²) >= 11 is 0. The molecule has 1 fully saturated rings. The average molecular weight is 288 g/mol. The van der Waals surface area contributed by atoms with E-state index in [9.17, 15) is 20.4 Å². The van der Waals surface area contributed by atoms with Crippen molar-refractivity contribution in [3.05, 3.63) is 24.3 Å². The minimum atomic E-state index is -2.44. The number of rotatable bonds is 3. The second kappa shape index (κ2) is 5.52. The number of aliphatic hydroxyl groups excluding tert-OH is 4. The van der Waals surface area contributed by atoms with E-state index in [1.807, 2.05) is 0 Å². The zero-order valence-corrected chi connectivity index (χ0v) is 10.3. The molecule has 112 valence electrons. The summed E-state index contributed by atoms with van der Waals surface area (Å²) in [6.45, 7) is -0.993. The van der Waals surface area contributed by atoms with E-state index in [1.54, 1.807) is 0 Å². The van der Waals surface area contributed by atoms with Crippen LogP contribution in [0, 0.1) is 0 Å². The monoisotopic (exact) mass is 288 g/mol. The molecule has 8 nitrogen and oxygen atoms in total. The van der Waals surface area contributed by atoms with Crippen molar-refractivity contribution in [2.75, 3.05) is 6.61 Å². The number of ether oxygens (including phenoxy) is 2. The Balaban J connectivity index is 2.16. The van der Waals surface area contributed by atoms with Gasteiger partial charge in [0.2, 0.25) is 12.1 Å². The summed E-state index contributed by atoms with van der Waals surface area (Å²) in [6.07, 6.45) is -6.79. The van der Waals surface area contributed by atoms with Crippen molar-refractivity contribution in [2.24, 2.45) is 0 Å². The molecule has 1 aliphatic heterocycles. The standard InChI is InChI=1S/C12H16O8/c13-5-12(18)10(17)8(15)9(16)11(20-12)19-7-3-1-6(14)2-4-7/h1-4,8-11,13-18H,5H2/t8?,9?,10-,11+,12?/m1/s1. The van der Waals surface area contributed by atoms with Gasteiger partial charge in [-0.3, -0.25) is 0 Å². The van der Waals surface area contributed by atoms with Crippen molar-refractivity contribution in [3.63, 3.8) is 0 Å². The molecular weight excluding hydrogens is 272 g/mol. The number of hydrogen-bond donors (Lipinski definition) is 6. The highest BCUT2D eigenvalue weighted by Gasteiger charge is 2.53. The van der Waals surface area contributed by atoms with Gasteiger partial charge in [-0.25, -0.2) is 0 Å². The molecule has 1 aliphatic rings. The van der Waals surface area contributed by atoms with E-state index in [-0.39, 0.29) is 11.5 Å². The topological polar surface area (TPSA) is 140 Å². The Morgan fingerprint density at radius 3 is 2.25 bits per heavy atom. The lowest BCUT2D eigenvalue weighted by atomic mass is 9.96. The van der Waals surface area contributed by atoms with Crippen LogP contribution in [-0.4, -0.2) is 67.6 Å². The maximum atomic E-state index is 9.82. The lowest BCUT2D eigenvalue weighted by molar-refractivity contribution is -0.384. The molecule has 0 spiro atoms. The summed E-state index contributed by atoms with van der Waals surface area (Å²) in [5, 5.41) is 56.9. The maximum Gasteiger partial charge on any atom is 0.231 e. The zero-order valence-electron chi connectivity index (χ0n) is 10.3. The number of aromatic hydroxyl groups is 1. The molecule has 6 N–H and O–H groups in total. The molecule has 2 rings (SSSR count).